The predicted molar refractivity (Wildman–Crippen MR) is 66.5 cm³/mol. The van der Waals surface area contributed by atoms with E-state index in [1.54, 1.807) is 13.0 Å². The molecule has 0 saturated carbocycles. The summed E-state index contributed by atoms with van der Waals surface area (Å²) >= 11 is 0. The molecule has 0 fully saturated rings. The quantitative estimate of drug-likeness (QED) is 0.679. The Morgan fingerprint density at radius 3 is 2.84 bits per heavy atom. The van der Waals surface area contributed by atoms with E-state index >= 15 is 0 Å². The van der Waals surface area contributed by atoms with Crippen molar-refractivity contribution in [1.82, 2.24) is 4.98 Å². The van der Waals surface area contributed by atoms with Crippen molar-refractivity contribution in [3.63, 3.8) is 0 Å². The Morgan fingerprint density at radius 2 is 2.16 bits per heavy atom. The number of nitro groups is 1. The highest BCUT2D eigenvalue weighted by molar-refractivity contribution is 5.57. The van der Waals surface area contributed by atoms with Crippen molar-refractivity contribution in [2.24, 2.45) is 0 Å². The second-order valence-electron chi connectivity index (χ2n) is 3.82. The highest BCUT2D eigenvalue weighted by Crippen LogP contribution is 2.33. The maximum absolute atomic E-state index is 13.0. The number of anilines is 1. The number of rotatable bonds is 3. The van der Waals surface area contributed by atoms with E-state index in [0.717, 1.165) is 23.8 Å². The van der Waals surface area contributed by atoms with E-state index in [0.29, 0.717) is 0 Å². The van der Waals surface area contributed by atoms with Crippen LogP contribution in [0.5, 0.6) is 11.6 Å². The van der Waals surface area contributed by atoms with Gasteiger partial charge in [-0.05, 0) is 30.7 Å². The van der Waals surface area contributed by atoms with Gasteiger partial charge in [-0.3, -0.25) is 10.1 Å². The Kier molecular flexibility index (Phi) is 3.28. The van der Waals surface area contributed by atoms with Crippen molar-refractivity contribution in [2.45, 2.75) is 6.92 Å². The van der Waals surface area contributed by atoms with Gasteiger partial charge in [0.15, 0.2) is 0 Å². The van der Waals surface area contributed by atoms with Gasteiger partial charge in [0.1, 0.15) is 5.82 Å². The molecule has 0 bridgehead atoms. The molecular weight excluding hydrogens is 253 g/mol. The first-order chi connectivity index (χ1) is 8.99. The first-order valence-electron chi connectivity index (χ1n) is 5.32. The van der Waals surface area contributed by atoms with Gasteiger partial charge < -0.3 is 10.5 Å². The molecule has 1 heterocycles. The molecule has 0 unspecified atom stereocenters. The zero-order valence-electron chi connectivity index (χ0n) is 9.96. The standard InChI is InChI=1S/C12H10FN3O3/c1-7-4-5-15-12(11(7)14)19-10-3-2-8(13)6-9(10)16(17)18/h2-6H,14H2,1H3. The van der Waals surface area contributed by atoms with Gasteiger partial charge in [-0.2, -0.15) is 0 Å². The average Bonchev–Trinajstić information content (AvgIpc) is 2.36. The first-order valence-corrected chi connectivity index (χ1v) is 5.32. The molecular formula is C12H10FN3O3. The van der Waals surface area contributed by atoms with Crippen LogP contribution in [0.15, 0.2) is 30.5 Å². The van der Waals surface area contributed by atoms with Crippen molar-refractivity contribution in [3.05, 3.63) is 52.0 Å². The summed E-state index contributed by atoms with van der Waals surface area (Å²) in [6.07, 6.45) is 1.47. The lowest BCUT2D eigenvalue weighted by Gasteiger charge is -2.08. The summed E-state index contributed by atoms with van der Waals surface area (Å²) in [7, 11) is 0. The summed E-state index contributed by atoms with van der Waals surface area (Å²) in [5.41, 5.74) is 6.28. The van der Waals surface area contributed by atoms with Gasteiger partial charge in [-0.15, -0.1) is 0 Å². The SMILES string of the molecule is Cc1ccnc(Oc2ccc(F)cc2[N+](=O)[O-])c1N. The molecule has 2 N–H and O–H groups in total. The molecule has 0 aliphatic rings. The van der Waals surface area contributed by atoms with E-state index < -0.39 is 16.4 Å². The first kappa shape index (κ1) is 12.7. The van der Waals surface area contributed by atoms with Crippen LogP contribution in [-0.2, 0) is 0 Å². The van der Waals surface area contributed by atoms with Gasteiger partial charge in [0, 0.05) is 6.20 Å². The molecule has 0 atom stereocenters. The fourth-order valence-corrected chi connectivity index (χ4v) is 1.45. The molecule has 2 rings (SSSR count). The lowest BCUT2D eigenvalue weighted by atomic mass is 10.2. The van der Waals surface area contributed by atoms with E-state index in [2.05, 4.69) is 4.98 Å². The lowest BCUT2D eigenvalue weighted by molar-refractivity contribution is -0.385. The van der Waals surface area contributed by atoms with Crippen LogP contribution in [0.25, 0.3) is 0 Å². The van der Waals surface area contributed by atoms with Crippen LogP contribution in [0.2, 0.25) is 0 Å². The van der Waals surface area contributed by atoms with E-state index in [1.165, 1.54) is 6.20 Å². The largest absolute Gasteiger partial charge is 0.430 e. The molecule has 0 aliphatic carbocycles. The Morgan fingerprint density at radius 1 is 1.42 bits per heavy atom. The molecule has 7 heteroatoms. The van der Waals surface area contributed by atoms with Crippen molar-refractivity contribution in [2.75, 3.05) is 5.73 Å². The van der Waals surface area contributed by atoms with E-state index in [9.17, 15) is 14.5 Å². The maximum Gasteiger partial charge on any atom is 0.314 e. The molecule has 0 saturated heterocycles. The smallest absolute Gasteiger partial charge is 0.314 e. The average molecular weight is 263 g/mol. The van der Waals surface area contributed by atoms with E-state index in [1.807, 2.05) is 0 Å². The number of benzene rings is 1. The van der Waals surface area contributed by atoms with E-state index in [-0.39, 0.29) is 17.3 Å². The fourth-order valence-electron chi connectivity index (χ4n) is 1.45. The molecule has 0 aliphatic heterocycles. The molecule has 1 aromatic carbocycles. The third kappa shape index (κ3) is 2.59. The minimum Gasteiger partial charge on any atom is -0.430 e. The van der Waals surface area contributed by atoms with Crippen LogP contribution in [0.4, 0.5) is 15.8 Å². The summed E-state index contributed by atoms with van der Waals surface area (Å²) in [6, 6.07) is 4.69. The number of nitrogens with two attached hydrogens (primary N) is 1. The number of hydrogen-bond donors (Lipinski definition) is 1. The van der Waals surface area contributed by atoms with Crippen molar-refractivity contribution >= 4 is 11.4 Å². The summed E-state index contributed by atoms with van der Waals surface area (Å²) < 4.78 is 18.3. The van der Waals surface area contributed by atoms with Gasteiger partial charge in [-0.25, -0.2) is 9.37 Å². The molecule has 0 spiro atoms. The monoisotopic (exact) mass is 263 g/mol. The van der Waals surface area contributed by atoms with Gasteiger partial charge in [-0.1, -0.05) is 0 Å². The number of ether oxygens (including phenoxy) is 1. The number of pyridine rings is 1. The van der Waals surface area contributed by atoms with Crippen LogP contribution in [0.3, 0.4) is 0 Å². The van der Waals surface area contributed by atoms with E-state index in [4.69, 9.17) is 10.5 Å². The Bertz CT molecular complexity index is 646. The fraction of sp³-hybridized carbons (Fsp3) is 0.0833. The minimum atomic E-state index is -0.732. The Labute approximate surface area is 107 Å². The summed E-state index contributed by atoms with van der Waals surface area (Å²) in [5, 5.41) is 10.8. The highest BCUT2D eigenvalue weighted by atomic mass is 19.1. The second-order valence-corrected chi connectivity index (χ2v) is 3.82. The van der Waals surface area contributed by atoms with Gasteiger partial charge in [0.25, 0.3) is 0 Å². The normalized spacial score (nSPS) is 10.2. The number of nitro benzene ring substituents is 1. The zero-order chi connectivity index (χ0) is 14.0. The maximum atomic E-state index is 13.0. The molecule has 2 aromatic rings. The summed E-state index contributed by atoms with van der Waals surface area (Å²) in [6.45, 7) is 1.75. The van der Waals surface area contributed by atoms with Crippen LogP contribution in [-0.4, -0.2) is 9.91 Å². The molecule has 19 heavy (non-hydrogen) atoms. The van der Waals surface area contributed by atoms with Crippen molar-refractivity contribution in [1.29, 1.82) is 0 Å². The van der Waals surface area contributed by atoms with Crippen LogP contribution >= 0.6 is 0 Å². The molecule has 6 nitrogen and oxygen atoms in total. The summed E-state index contributed by atoms with van der Waals surface area (Å²) in [5.74, 6) is -0.782. The summed E-state index contributed by atoms with van der Waals surface area (Å²) in [4.78, 5) is 14.0. The van der Waals surface area contributed by atoms with Crippen LogP contribution in [0.1, 0.15) is 5.56 Å². The lowest BCUT2D eigenvalue weighted by Crippen LogP contribution is -1.99. The number of aryl methyl sites for hydroxylation is 1. The Hall–Kier alpha value is -2.70. The predicted octanol–water partition coefficient (Wildman–Crippen LogP) is 2.81. The number of hydrogen-bond acceptors (Lipinski definition) is 5. The van der Waals surface area contributed by atoms with Gasteiger partial charge in [0.05, 0.1) is 16.7 Å². The van der Waals surface area contributed by atoms with Gasteiger partial charge in [0.2, 0.25) is 11.6 Å². The molecule has 98 valence electrons. The topological polar surface area (TPSA) is 91.3 Å². The number of nitrogen functional groups attached to an aromatic ring is 1. The number of halogens is 1. The van der Waals surface area contributed by atoms with Gasteiger partial charge >= 0.3 is 5.69 Å². The van der Waals surface area contributed by atoms with Crippen LogP contribution < -0.4 is 10.5 Å². The zero-order valence-corrected chi connectivity index (χ0v) is 9.96. The van der Waals surface area contributed by atoms with Crippen molar-refractivity contribution < 1.29 is 14.1 Å². The third-order valence-corrected chi connectivity index (χ3v) is 2.50. The molecule has 0 amide bonds. The third-order valence-electron chi connectivity index (χ3n) is 2.50. The highest BCUT2D eigenvalue weighted by Gasteiger charge is 2.18. The van der Waals surface area contributed by atoms with Crippen molar-refractivity contribution in [3.8, 4) is 11.6 Å². The minimum absolute atomic E-state index is 0.0507. The molecule has 0 radical (unpaired) electrons. The second kappa shape index (κ2) is 4.89. The Balaban J connectivity index is 2.44. The number of aromatic nitrogens is 1. The van der Waals surface area contributed by atoms with Crippen LogP contribution in [0, 0.1) is 22.9 Å². The number of nitrogens with zero attached hydrogens (tertiary/aromatic N) is 2. The molecule has 1 aromatic heterocycles.